The summed E-state index contributed by atoms with van der Waals surface area (Å²) in [6, 6.07) is 0. The summed E-state index contributed by atoms with van der Waals surface area (Å²) in [4.78, 5) is 10.9. The molecule has 0 N–H and O–H groups in total. The van der Waals surface area contributed by atoms with E-state index in [1.54, 1.807) is 6.92 Å². The Morgan fingerprint density at radius 2 is 2.07 bits per heavy atom. The van der Waals surface area contributed by atoms with Gasteiger partial charge in [-0.25, -0.2) is 4.79 Å². The van der Waals surface area contributed by atoms with Gasteiger partial charge in [-0.3, -0.25) is 0 Å². The molecule has 0 aromatic rings. The average molecular weight is 194 g/mol. The summed E-state index contributed by atoms with van der Waals surface area (Å²) in [5.74, 6) is -0.333. The average Bonchev–Trinajstić information content (AvgIpc) is 2.16. The number of unbranched alkanes of at least 4 members (excludes halogenated alkanes) is 2. The molecule has 0 aliphatic rings. The van der Waals surface area contributed by atoms with E-state index in [4.69, 9.17) is 4.74 Å². The number of esters is 1. The second kappa shape index (κ2) is 8.30. The van der Waals surface area contributed by atoms with Gasteiger partial charge in [-0.1, -0.05) is 24.8 Å². The molecule has 0 heterocycles. The molecule has 0 aromatic carbocycles. The van der Waals surface area contributed by atoms with E-state index in [1.807, 2.05) is 18.2 Å². The van der Waals surface area contributed by atoms with Gasteiger partial charge in [0.2, 0.25) is 0 Å². The smallest absolute Gasteiger partial charge is 0.333 e. The first-order chi connectivity index (χ1) is 6.68. The maximum Gasteiger partial charge on any atom is 0.333 e. The molecule has 0 saturated heterocycles. The second-order valence-corrected chi connectivity index (χ2v) is 3.07. The molecule has 0 saturated carbocycles. The van der Waals surface area contributed by atoms with Crippen LogP contribution < -0.4 is 0 Å². The van der Waals surface area contributed by atoms with E-state index in [0.717, 1.165) is 19.3 Å². The van der Waals surface area contributed by atoms with Crippen LogP contribution in [0.25, 0.3) is 0 Å². The van der Waals surface area contributed by atoms with Gasteiger partial charge in [0.15, 0.2) is 0 Å². The van der Waals surface area contributed by atoms with Crippen molar-refractivity contribution in [1.82, 2.24) is 0 Å². The Hall–Kier alpha value is -1.31. The zero-order valence-corrected chi connectivity index (χ0v) is 8.79. The van der Waals surface area contributed by atoms with Gasteiger partial charge < -0.3 is 4.74 Å². The maximum absolute atomic E-state index is 10.9. The minimum Gasteiger partial charge on any atom is -0.458 e. The van der Waals surface area contributed by atoms with Crippen LogP contribution in [0, 0.1) is 0 Å². The number of rotatable bonds is 7. The Labute approximate surface area is 86.0 Å². The lowest BCUT2D eigenvalue weighted by Gasteiger charge is -1.99. The van der Waals surface area contributed by atoms with Gasteiger partial charge in [-0.05, 0) is 26.2 Å². The summed E-state index contributed by atoms with van der Waals surface area (Å²) in [6.07, 6.45) is 8.87. The van der Waals surface area contributed by atoms with Crippen molar-refractivity contribution in [3.05, 3.63) is 37.0 Å². The lowest BCUT2D eigenvalue weighted by atomic mass is 10.2. The summed E-state index contributed by atoms with van der Waals surface area (Å²) in [7, 11) is 0. The van der Waals surface area contributed by atoms with Crippen LogP contribution in [0.3, 0.4) is 0 Å². The predicted octanol–water partition coefficient (Wildman–Crippen LogP) is 3.02. The van der Waals surface area contributed by atoms with Gasteiger partial charge >= 0.3 is 5.97 Å². The highest BCUT2D eigenvalue weighted by Gasteiger charge is 1.99. The second-order valence-electron chi connectivity index (χ2n) is 3.07. The van der Waals surface area contributed by atoms with Crippen molar-refractivity contribution in [2.75, 3.05) is 6.61 Å². The Kier molecular flexibility index (Phi) is 7.52. The fourth-order valence-corrected chi connectivity index (χ4v) is 0.813. The molecule has 2 heteroatoms. The van der Waals surface area contributed by atoms with Crippen molar-refractivity contribution in [1.29, 1.82) is 0 Å². The standard InChI is InChI=1S/C12H18O2/c1-4-5-6-7-8-9-10-14-12(13)11(2)3/h4,8-9H,1-2,5-7,10H2,3H3. The van der Waals surface area contributed by atoms with Crippen molar-refractivity contribution in [2.24, 2.45) is 0 Å². The number of hydrogen-bond acceptors (Lipinski definition) is 2. The molecular formula is C12H18O2. The van der Waals surface area contributed by atoms with Crippen molar-refractivity contribution < 1.29 is 9.53 Å². The summed E-state index contributed by atoms with van der Waals surface area (Å²) >= 11 is 0. The van der Waals surface area contributed by atoms with Crippen LogP contribution in [0.4, 0.5) is 0 Å². The van der Waals surface area contributed by atoms with Crippen molar-refractivity contribution >= 4 is 5.97 Å². The fourth-order valence-electron chi connectivity index (χ4n) is 0.813. The van der Waals surface area contributed by atoms with E-state index in [9.17, 15) is 4.79 Å². The number of allylic oxidation sites excluding steroid dienone is 2. The highest BCUT2D eigenvalue weighted by atomic mass is 16.5. The fraction of sp³-hybridized carbons (Fsp3) is 0.417. The van der Waals surface area contributed by atoms with E-state index in [-0.39, 0.29) is 5.97 Å². The highest BCUT2D eigenvalue weighted by Crippen LogP contribution is 1.97. The third kappa shape index (κ3) is 7.35. The number of carbonyl (C=O) groups is 1. The van der Waals surface area contributed by atoms with Crippen molar-refractivity contribution in [3.8, 4) is 0 Å². The SMILES string of the molecule is C=CCCCC=CCOC(=O)C(=C)C. The van der Waals surface area contributed by atoms with Crippen LogP contribution in [-0.2, 0) is 9.53 Å². The third-order valence-corrected chi connectivity index (χ3v) is 1.60. The van der Waals surface area contributed by atoms with Crippen molar-refractivity contribution in [3.63, 3.8) is 0 Å². The highest BCUT2D eigenvalue weighted by molar-refractivity contribution is 5.86. The molecule has 0 aliphatic carbocycles. The van der Waals surface area contributed by atoms with Crippen molar-refractivity contribution in [2.45, 2.75) is 26.2 Å². The Morgan fingerprint density at radius 1 is 1.36 bits per heavy atom. The molecule has 78 valence electrons. The first kappa shape index (κ1) is 12.7. The lowest BCUT2D eigenvalue weighted by molar-refractivity contribution is -0.137. The molecule has 0 spiro atoms. The zero-order valence-electron chi connectivity index (χ0n) is 8.79. The van der Waals surface area contributed by atoms with E-state index >= 15 is 0 Å². The van der Waals surface area contributed by atoms with Crippen LogP contribution in [0.1, 0.15) is 26.2 Å². The molecule has 0 bridgehead atoms. The summed E-state index contributed by atoms with van der Waals surface area (Å²) in [5, 5.41) is 0. The lowest BCUT2D eigenvalue weighted by Crippen LogP contribution is -2.04. The molecule has 0 rings (SSSR count). The quantitative estimate of drug-likeness (QED) is 0.269. The van der Waals surface area contributed by atoms with Gasteiger partial charge in [0, 0.05) is 5.57 Å². The number of carbonyl (C=O) groups excluding carboxylic acids is 1. The molecule has 2 nitrogen and oxygen atoms in total. The molecule has 0 amide bonds. The van der Waals surface area contributed by atoms with Gasteiger partial charge in [0.25, 0.3) is 0 Å². The van der Waals surface area contributed by atoms with Gasteiger partial charge in [0.05, 0.1) is 0 Å². The summed E-state index contributed by atoms with van der Waals surface area (Å²) < 4.78 is 4.86. The summed E-state index contributed by atoms with van der Waals surface area (Å²) in [6.45, 7) is 9.09. The van der Waals surface area contributed by atoms with Gasteiger partial charge in [0.1, 0.15) is 6.61 Å². The third-order valence-electron chi connectivity index (χ3n) is 1.60. The first-order valence-electron chi connectivity index (χ1n) is 4.77. The van der Waals surface area contributed by atoms with Gasteiger partial charge in [-0.15, -0.1) is 6.58 Å². The van der Waals surface area contributed by atoms with E-state index in [0.29, 0.717) is 12.2 Å². The molecule has 14 heavy (non-hydrogen) atoms. The maximum atomic E-state index is 10.9. The van der Waals surface area contributed by atoms with Crippen LogP contribution in [0.15, 0.2) is 37.0 Å². The molecular weight excluding hydrogens is 176 g/mol. The minimum atomic E-state index is -0.333. The van der Waals surface area contributed by atoms with Gasteiger partial charge in [-0.2, -0.15) is 0 Å². The van der Waals surface area contributed by atoms with Crippen LogP contribution in [0.2, 0.25) is 0 Å². The van der Waals surface area contributed by atoms with E-state index in [1.165, 1.54) is 0 Å². The Morgan fingerprint density at radius 3 is 2.64 bits per heavy atom. The van der Waals surface area contributed by atoms with Crippen LogP contribution in [0.5, 0.6) is 0 Å². The Bertz CT molecular complexity index is 226. The molecule has 0 aromatic heterocycles. The first-order valence-corrected chi connectivity index (χ1v) is 4.77. The van der Waals surface area contributed by atoms with Crippen LogP contribution in [-0.4, -0.2) is 12.6 Å². The largest absolute Gasteiger partial charge is 0.458 e. The zero-order chi connectivity index (χ0) is 10.8. The molecule has 0 aliphatic heterocycles. The molecule has 0 unspecified atom stereocenters. The molecule has 0 atom stereocenters. The molecule has 0 fully saturated rings. The molecule has 0 radical (unpaired) electrons. The number of ether oxygens (including phenoxy) is 1. The van der Waals surface area contributed by atoms with Crippen LogP contribution >= 0.6 is 0 Å². The topological polar surface area (TPSA) is 26.3 Å². The number of hydrogen-bond donors (Lipinski definition) is 0. The van der Waals surface area contributed by atoms with E-state index < -0.39 is 0 Å². The monoisotopic (exact) mass is 194 g/mol. The summed E-state index contributed by atoms with van der Waals surface area (Å²) in [5.41, 5.74) is 0.435. The predicted molar refractivity (Wildman–Crippen MR) is 59.0 cm³/mol. The Balaban J connectivity index is 3.39. The normalized spacial score (nSPS) is 10.1. The minimum absolute atomic E-state index is 0.333. The van der Waals surface area contributed by atoms with E-state index in [2.05, 4.69) is 13.2 Å².